The summed E-state index contributed by atoms with van der Waals surface area (Å²) in [6.07, 6.45) is 5.56. The molecule has 3 N–H and O–H groups in total. The number of carbonyl (C=O) groups excluding carboxylic acids is 1. The van der Waals surface area contributed by atoms with Crippen molar-refractivity contribution in [2.45, 2.75) is 51.2 Å². The lowest BCUT2D eigenvalue weighted by Crippen LogP contribution is -2.50. The van der Waals surface area contributed by atoms with Crippen molar-refractivity contribution in [2.24, 2.45) is 5.92 Å². The van der Waals surface area contributed by atoms with E-state index in [4.69, 9.17) is 0 Å². The number of nitrogens with one attached hydrogen (secondary N) is 2. The van der Waals surface area contributed by atoms with Crippen LogP contribution in [0.3, 0.4) is 0 Å². The molecule has 0 aromatic carbocycles. The summed E-state index contributed by atoms with van der Waals surface area (Å²) >= 11 is 0. The molecule has 0 saturated heterocycles. The van der Waals surface area contributed by atoms with Gasteiger partial charge in [-0.25, -0.2) is 0 Å². The van der Waals surface area contributed by atoms with E-state index in [1.54, 1.807) is 6.08 Å². The van der Waals surface area contributed by atoms with Gasteiger partial charge in [0, 0.05) is 13.1 Å². The van der Waals surface area contributed by atoms with Gasteiger partial charge in [0.1, 0.15) is 0 Å². The van der Waals surface area contributed by atoms with Gasteiger partial charge in [0.25, 0.3) is 0 Å². The van der Waals surface area contributed by atoms with Crippen molar-refractivity contribution in [3.63, 3.8) is 0 Å². The lowest BCUT2D eigenvalue weighted by atomic mass is 9.79. The van der Waals surface area contributed by atoms with Crippen molar-refractivity contribution in [3.8, 4) is 0 Å². The molecule has 1 saturated carbocycles. The second-order valence-electron chi connectivity index (χ2n) is 5.56. The monoisotopic (exact) mass is 254 g/mol. The highest BCUT2D eigenvalue weighted by atomic mass is 16.3. The molecule has 1 rings (SSSR count). The van der Waals surface area contributed by atoms with E-state index in [0.29, 0.717) is 19.0 Å². The van der Waals surface area contributed by atoms with E-state index in [9.17, 15) is 9.90 Å². The van der Waals surface area contributed by atoms with E-state index < -0.39 is 5.60 Å². The smallest absolute Gasteiger partial charge is 0.237 e. The predicted octanol–water partition coefficient (Wildman–Crippen LogP) is 1.21. The standard InChI is InChI=1S/C14H26N2O2/c1-4-8-15-13(17)12(3)16-10-14(18)7-5-6-11(2)9-14/h4,11-12,16,18H,1,5-10H2,2-3H3,(H,15,17). The molecule has 1 amide bonds. The molecule has 0 aromatic rings. The molecular formula is C14H26N2O2. The van der Waals surface area contributed by atoms with Gasteiger partial charge in [0.05, 0.1) is 11.6 Å². The van der Waals surface area contributed by atoms with Crippen LogP contribution in [0.5, 0.6) is 0 Å². The SMILES string of the molecule is C=CCNC(=O)C(C)NCC1(O)CCCC(C)C1. The van der Waals surface area contributed by atoms with Gasteiger partial charge in [-0.2, -0.15) is 0 Å². The number of rotatable bonds is 6. The minimum absolute atomic E-state index is 0.0534. The van der Waals surface area contributed by atoms with Crippen LogP contribution in [0.25, 0.3) is 0 Å². The van der Waals surface area contributed by atoms with Crippen molar-refractivity contribution < 1.29 is 9.90 Å². The minimum Gasteiger partial charge on any atom is -0.389 e. The molecule has 18 heavy (non-hydrogen) atoms. The lowest BCUT2D eigenvalue weighted by Gasteiger charge is -2.36. The fourth-order valence-corrected chi connectivity index (χ4v) is 2.55. The molecule has 1 aliphatic carbocycles. The van der Waals surface area contributed by atoms with Gasteiger partial charge in [-0.05, 0) is 25.7 Å². The number of hydrogen-bond donors (Lipinski definition) is 3. The Hall–Kier alpha value is -0.870. The molecule has 104 valence electrons. The zero-order valence-corrected chi connectivity index (χ0v) is 11.5. The van der Waals surface area contributed by atoms with Gasteiger partial charge >= 0.3 is 0 Å². The van der Waals surface area contributed by atoms with Gasteiger partial charge in [0.15, 0.2) is 0 Å². The van der Waals surface area contributed by atoms with Crippen LogP contribution in [0.4, 0.5) is 0 Å². The second-order valence-corrected chi connectivity index (χ2v) is 5.56. The molecule has 3 atom stereocenters. The summed E-state index contributed by atoms with van der Waals surface area (Å²) in [5.74, 6) is 0.512. The Morgan fingerprint density at radius 1 is 1.67 bits per heavy atom. The van der Waals surface area contributed by atoms with Crippen LogP contribution < -0.4 is 10.6 Å². The Kier molecular flexibility index (Phi) is 5.82. The molecule has 0 aliphatic heterocycles. The average molecular weight is 254 g/mol. The molecule has 1 aliphatic rings. The van der Waals surface area contributed by atoms with Crippen molar-refractivity contribution in [1.82, 2.24) is 10.6 Å². The maximum absolute atomic E-state index is 11.6. The normalized spacial score (nSPS) is 29.6. The van der Waals surface area contributed by atoms with Crippen LogP contribution in [0, 0.1) is 5.92 Å². The largest absolute Gasteiger partial charge is 0.389 e. The van der Waals surface area contributed by atoms with E-state index in [2.05, 4.69) is 24.1 Å². The topological polar surface area (TPSA) is 61.4 Å². The van der Waals surface area contributed by atoms with Crippen molar-refractivity contribution in [3.05, 3.63) is 12.7 Å². The zero-order valence-electron chi connectivity index (χ0n) is 11.5. The van der Waals surface area contributed by atoms with E-state index >= 15 is 0 Å². The van der Waals surface area contributed by atoms with E-state index in [0.717, 1.165) is 19.3 Å². The van der Waals surface area contributed by atoms with Gasteiger partial charge in [-0.1, -0.05) is 25.8 Å². The first-order valence-corrected chi connectivity index (χ1v) is 6.81. The first-order valence-electron chi connectivity index (χ1n) is 6.81. The maximum atomic E-state index is 11.6. The Morgan fingerprint density at radius 3 is 3.00 bits per heavy atom. The number of aliphatic hydroxyl groups is 1. The van der Waals surface area contributed by atoms with Crippen LogP contribution in [0.2, 0.25) is 0 Å². The third-order valence-corrected chi connectivity index (χ3v) is 3.62. The van der Waals surface area contributed by atoms with E-state index in [1.807, 2.05) is 6.92 Å². The summed E-state index contributed by atoms with van der Waals surface area (Å²) < 4.78 is 0. The molecule has 1 fully saturated rings. The predicted molar refractivity (Wildman–Crippen MR) is 73.3 cm³/mol. The molecule has 0 bridgehead atoms. The van der Waals surface area contributed by atoms with Gasteiger partial charge in [-0.3, -0.25) is 4.79 Å². The van der Waals surface area contributed by atoms with E-state index in [1.165, 1.54) is 6.42 Å². The van der Waals surface area contributed by atoms with Gasteiger partial charge in [0.2, 0.25) is 5.91 Å². The van der Waals surface area contributed by atoms with Crippen LogP contribution in [-0.4, -0.2) is 35.7 Å². The zero-order chi connectivity index (χ0) is 13.6. The number of hydrogen-bond acceptors (Lipinski definition) is 3. The summed E-state index contributed by atoms with van der Waals surface area (Å²) in [7, 11) is 0. The van der Waals surface area contributed by atoms with Crippen LogP contribution >= 0.6 is 0 Å². The Bertz CT molecular complexity index is 294. The Morgan fingerprint density at radius 2 is 2.39 bits per heavy atom. The summed E-state index contributed by atoms with van der Waals surface area (Å²) in [6, 6.07) is -0.286. The molecule has 3 unspecified atom stereocenters. The highest BCUT2D eigenvalue weighted by Crippen LogP contribution is 2.31. The van der Waals surface area contributed by atoms with Crippen LogP contribution in [0.1, 0.15) is 39.5 Å². The maximum Gasteiger partial charge on any atom is 0.237 e. The molecule has 0 spiro atoms. The number of carbonyl (C=O) groups is 1. The minimum atomic E-state index is -0.648. The summed E-state index contributed by atoms with van der Waals surface area (Å²) in [4.78, 5) is 11.6. The Labute approximate surface area is 110 Å². The first-order chi connectivity index (χ1) is 8.47. The Balaban J connectivity index is 2.34. The van der Waals surface area contributed by atoms with Gasteiger partial charge in [-0.15, -0.1) is 6.58 Å². The van der Waals surface area contributed by atoms with Crippen molar-refractivity contribution in [2.75, 3.05) is 13.1 Å². The average Bonchev–Trinajstić information content (AvgIpc) is 2.32. The quantitative estimate of drug-likeness (QED) is 0.624. The third kappa shape index (κ3) is 4.78. The van der Waals surface area contributed by atoms with Crippen molar-refractivity contribution >= 4 is 5.91 Å². The fraction of sp³-hybridized carbons (Fsp3) is 0.786. The fourth-order valence-electron chi connectivity index (χ4n) is 2.55. The van der Waals surface area contributed by atoms with Crippen LogP contribution in [-0.2, 0) is 4.79 Å². The first kappa shape index (κ1) is 15.2. The summed E-state index contributed by atoms with van der Waals surface area (Å²) in [5.41, 5.74) is -0.648. The van der Waals surface area contributed by atoms with Crippen LogP contribution in [0.15, 0.2) is 12.7 Å². The lowest BCUT2D eigenvalue weighted by molar-refractivity contribution is -0.122. The summed E-state index contributed by atoms with van der Waals surface area (Å²) in [5, 5.41) is 16.3. The third-order valence-electron chi connectivity index (χ3n) is 3.62. The van der Waals surface area contributed by atoms with Gasteiger partial charge < -0.3 is 15.7 Å². The molecule has 0 aromatic heterocycles. The van der Waals surface area contributed by atoms with Crippen molar-refractivity contribution in [1.29, 1.82) is 0 Å². The highest BCUT2D eigenvalue weighted by molar-refractivity contribution is 5.81. The molecule has 0 radical (unpaired) electrons. The molecule has 0 heterocycles. The number of amides is 1. The highest BCUT2D eigenvalue weighted by Gasteiger charge is 2.32. The molecule has 4 nitrogen and oxygen atoms in total. The molecule has 4 heteroatoms. The molecular weight excluding hydrogens is 228 g/mol. The van der Waals surface area contributed by atoms with E-state index in [-0.39, 0.29) is 11.9 Å². The summed E-state index contributed by atoms with van der Waals surface area (Å²) in [6.45, 7) is 8.50. The second kappa shape index (κ2) is 6.90.